The molecule has 4 heteroatoms. The number of halogens is 2. The summed E-state index contributed by atoms with van der Waals surface area (Å²) in [6.07, 6.45) is 0. The third kappa shape index (κ3) is 3.58. The quantitative estimate of drug-likeness (QED) is 0.870. The van der Waals surface area contributed by atoms with Crippen LogP contribution in [0.3, 0.4) is 0 Å². The summed E-state index contributed by atoms with van der Waals surface area (Å²) >= 11 is 3.37. The second kappa shape index (κ2) is 6.86. The second-order valence-corrected chi connectivity index (χ2v) is 5.50. The zero-order valence-corrected chi connectivity index (χ0v) is 13.1. The van der Waals surface area contributed by atoms with Gasteiger partial charge in [-0.1, -0.05) is 34.1 Å². The summed E-state index contributed by atoms with van der Waals surface area (Å²) in [5.41, 5.74) is 1.70. The van der Waals surface area contributed by atoms with Gasteiger partial charge in [-0.05, 0) is 31.2 Å². The van der Waals surface area contributed by atoms with Crippen LogP contribution in [0.2, 0.25) is 0 Å². The molecule has 1 unspecified atom stereocenters. The maximum atomic E-state index is 13.8. The molecule has 0 fully saturated rings. The molecule has 0 amide bonds. The van der Waals surface area contributed by atoms with Crippen molar-refractivity contribution in [2.75, 3.05) is 7.11 Å². The van der Waals surface area contributed by atoms with Crippen LogP contribution in [0.25, 0.3) is 0 Å². The molecular weight excluding hydrogens is 321 g/mol. The molecule has 0 saturated heterocycles. The molecule has 20 heavy (non-hydrogen) atoms. The Kier molecular flexibility index (Phi) is 5.15. The van der Waals surface area contributed by atoms with Gasteiger partial charge in [0.15, 0.2) is 0 Å². The van der Waals surface area contributed by atoms with E-state index in [-0.39, 0.29) is 11.9 Å². The van der Waals surface area contributed by atoms with Gasteiger partial charge in [-0.25, -0.2) is 4.39 Å². The number of nitrogens with one attached hydrogen (secondary N) is 1. The fourth-order valence-electron chi connectivity index (χ4n) is 2.07. The molecule has 0 bridgehead atoms. The van der Waals surface area contributed by atoms with Crippen LogP contribution in [0.4, 0.5) is 4.39 Å². The van der Waals surface area contributed by atoms with Gasteiger partial charge in [0.05, 0.1) is 7.11 Å². The molecule has 0 saturated carbocycles. The van der Waals surface area contributed by atoms with E-state index in [0.717, 1.165) is 15.8 Å². The number of ether oxygens (including phenoxy) is 1. The third-order valence-corrected chi connectivity index (χ3v) is 3.71. The summed E-state index contributed by atoms with van der Waals surface area (Å²) in [4.78, 5) is 0. The van der Waals surface area contributed by atoms with E-state index in [1.807, 2.05) is 31.2 Å². The maximum Gasteiger partial charge on any atom is 0.128 e. The predicted octanol–water partition coefficient (Wildman–Crippen LogP) is 4.45. The molecule has 0 aromatic heterocycles. The Bertz CT molecular complexity index is 588. The lowest BCUT2D eigenvalue weighted by atomic mass is 10.1. The second-order valence-electron chi connectivity index (χ2n) is 4.58. The molecule has 106 valence electrons. The van der Waals surface area contributed by atoms with E-state index in [1.54, 1.807) is 19.2 Å². The number of rotatable bonds is 5. The lowest BCUT2D eigenvalue weighted by Gasteiger charge is -2.16. The Morgan fingerprint density at radius 2 is 2.00 bits per heavy atom. The van der Waals surface area contributed by atoms with Crippen LogP contribution in [0.5, 0.6) is 5.75 Å². The summed E-state index contributed by atoms with van der Waals surface area (Å²) in [5.74, 6) is 0.634. The number of benzene rings is 2. The van der Waals surface area contributed by atoms with E-state index in [0.29, 0.717) is 12.1 Å². The summed E-state index contributed by atoms with van der Waals surface area (Å²) in [7, 11) is 1.65. The van der Waals surface area contributed by atoms with E-state index >= 15 is 0 Å². The van der Waals surface area contributed by atoms with E-state index in [9.17, 15) is 4.39 Å². The topological polar surface area (TPSA) is 21.3 Å². The molecule has 2 aromatic rings. The van der Waals surface area contributed by atoms with Crippen molar-refractivity contribution in [1.82, 2.24) is 5.32 Å². The highest BCUT2D eigenvalue weighted by atomic mass is 79.9. The molecule has 2 aromatic carbocycles. The van der Waals surface area contributed by atoms with E-state index in [4.69, 9.17) is 4.74 Å². The van der Waals surface area contributed by atoms with Crippen molar-refractivity contribution < 1.29 is 9.13 Å². The van der Waals surface area contributed by atoms with Crippen molar-refractivity contribution in [2.24, 2.45) is 0 Å². The first-order valence-electron chi connectivity index (χ1n) is 6.42. The van der Waals surface area contributed by atoms with Crippen LogP contribution in [0, 0.1) is 5.82 Å². The standard InChI is InChI=1S/C16H17BrFNO/c1-11(14-9-13(17)7-8-15(14)18)19-10-12-5-3-4-6-16(12)20-2/h3-9,11,19H,10H2,1-2H3. The van der Waals surface area contributed by atoms with Gasteiger partial charge in [-0.2, -0.15) is 0 Å². The van der Waals surface area contributed by atoms with Crippen molar-refractivity contribution in [1.29, 1.82) is 0 Å². The smallest absolute Gasteiger partial charge is 0.128 e. The average molecular weight is 338 g/mol. The molecule has 2 rings (SSSR count). The molecule has 1 atom stereocenters. The van der Waals surface area contributed by atoms with Gasteiger partial charge in [0.25, 0.3) is 0 Å². The first-order chi connectivity index (χ1) is 9.61. The molecule has 1 N–H and O–H groups in total. The van der Waals surface area contributed by atoms with Crippen LogP contribution in [0.1, 0.15) is 24.1 Å². The van der Waals surface area contributed by atoms with Crippen molar-refractivity contribution in [2.45, 2.75) is 19.5 Å². The van der Waals surface area contributed by atoms with Gasteiger partial charge < -0.3 is 10.1 Å². The zero-order valence-electron chi connectivity index (χ0n) is 11.5. The summed E-state index contributed by atoms with van der Waals surface area (Å²) in [6.45, 7) is 2.57. The Labute approximate surface area is 127 Å². The van der Waals surface area contributed by atoms with Crippen molar-refractivity contribution >= 4 is 15.9 Å². The fraction of sp³-hybridized carbons (Fsp3) is 0.250. The van der Waals surface area contributed by atoms with Crippen LogP contribution in [0.15, 0.2) is 46.9 Å². The van der Waals surface area contributed by atoms with Gasteiger partial charge in [-0.3, -0.25) is 0 Å². The first kappa shape index (κ1) is 15.0. The predicted molar refractivity (Wildman–Crippen MR) is 82.3 cm³/mol. The Balaban J connectivity index is 2.08. The molecule has 2 nitrogen and oxygen atoms in total. The van der Waals surface area contributed by atoms with Crippen molar-refractivity contribution in [3.05, 3.63) is 63.9 Å². The first-order valence-corrected chi connectivity index (χ1v) is 7.21. The number of hydrogen-bond donors (Lipinski definition) is 1. The fourth-order valence-corrected chi connectivity index (χ4v) is 2.45. The molecular formula is C16H17BrFNO. The van der Waals surface area contributed by atoms with Crippen molar-refractivity contribution in [3.63, 3.8) is 0 Å². The number of hydrogen-bond acceptors (Lipinski definition) is 2. The minimum Gasteiger partial charge on any atom is -0.496 e. The zero-order chi connectivity index (χ0) is 14.5. The monoisotopic (exact) mass is 337 g/mol. The van der Waals surface area contributed by atoms with E-state index < -0.39 is 0 Å². The highest BCUT2D eigenvalue weighted by molar-refractivity contribution is 9.10. The van der Waals surface area contributed by atoms with Gasteiger partial charge in [-0.15, -0.1) is 0 Å². The summed E-state index contributed by atoms with van der Waals surface area (Å²) in [6, 6.07) is 12.7. The Morgan fingerprint density at radius 1 is 1.25 bits per heavy atom. The maximum absolute atomic E-state index is 13.8. The molecule has 0 radical (unpaired) electrons. The Morgan fingerprint density at radius 3 is 2.75 bits per heavy atom. The number of methoxy groups -OCH3 is 1. The molecule has 0 spiro atoms. The van der Waals surface area contributed by atoms with Gasteiger partial charge in [0, 0.05) is 28.2 Å². The normalized spacial score (nSPS) is 12.2. The van der Waals surface area contributed by atoms with Gasteiger partial charge >= 0.3 is 0 Å². The van der Waals surface area contributed by atoms with Gasteiger partial charge in [0.1, 0.15) is 11.6 Å². The SMILES string of the molecule is COc1ccccc1CNC(C)c1cc(Br)ccc1F. The molecule has 0 aliphatic heterocycles. The summed E-state index contributed by atoms with van der Waals surface area (Å²) in [5, 5.41) is 3.32. The largest absolute Gasteiger partial charge is 0.496 e. The van der Waals surface area contributed by atoms with Crippen LogP contribution in [-0.4, -0.2) is 7.11 Å². The van der Waals surface area contributed by atoms with Crippen LogP contribution in [-0.2, 0) is 6.54 Å². The van der Waals surface area contributed by atoms with Crippen molar-refractivity contribution in [3.8, 4) is 5.75 Å². The molecule has 0 aliphatic rings. The highest BCUT2D eigenvalue weighted by Gasteiger charge is 2.12. The highest BCUT2D eigenvalue weighted by Crippen LogP contribution is 2.23. The van der Waals surface area contributed by atoms with Gasteiger partial charge in [0.2, 0.25) is 0 Å². The number of para-hydroxylation sites is 1. The molecule has 0 heterocycles. The van der Waals surface area contributed by atoms with Crippen LogP contribution >= 0.6 is 15.9 Å². The minimum atomic E-state index is -0.201. The summed E-state index contributed by atoms with van der Waals surface area (Å²) < 4.78 is 20.0. The average Bonchev–Trinajstić information content (AvgIpc) is 2.47. The van der Waals surface area contributed by atoms with Crippen LogP contribution < -0.4 is 10.1 Å². The Hall–Kier alpha value is -1.39. The third-order valence-electron chi connectivity index (χ3n) is 3.22. The lowest BCUT2D eigenvalue weighted by molar-refractivity contribution is 0.405. The lowest BCUT2D eigenvalue weighted by Crippen LogP contribution is -2.19. The van der Waals surface area contributed by atoms with E-state index in [2.05, 4.69) is 21.2 Å². The minimum absolute atomic E-state index is 0.0857. The van der Waals surface area contributed by atoms with E-state index in [1.165, 1.54) is 6.07 Å². The molecule has 0 aliphatic carbocycles.